The van der Waals surface area contributed by atoms with E-state index >= 15 is 0 Å². The molecule has 27 heavy (non-hydrogen) atoms. The number of halogens is 3. The summed E-state index contributed by atoms with van der Waals surface area (Å²) < 4.78 is 45.4. The number of rotatable bonds is 3. The van der Waals surface area contributed by atoms with Crippen molar-refractivity contribution in [3.8, 4) is 0 Å². The highest BCUT2D eigenvalue weighted by molar-refractivity contribution is 5.68. The van der Waals surface area contributed by atoms with E-state index in [2.05, 4.69) is 5.10 Å². The van der Waals surface area contributed by atoms with Crippen LogP contribution in [0.2, 0.25) is 0 Å². The van der Waals surface area contributed by atoms with Crippen molar-refractivity contribution in [3.05, 3.63) is 21.5 Å². The molecule has 1 aromatic rings. The summed E-state index contributed by atoms with van der Waals surface area (Å²) in [6.07, 6.45) is -4.22. The van der Waals surface area contributed by atoms with Gasteiger partial charge < -0.3 is 9.64 Å². The van der Waals surface area contributed by atoms with Crippen molar-refractivity contribution >= 4 is 11.8 Å². The Kier molecular flexibility index (Phi) is 5.71. The standard InChI is InChI=1S/C16H23F3N4O4/c1-10-12(23(25)26)13(16(17,18)19)20-22(10)9-11-5-7-21(8-6-11)14(24)27-15(2,3)4/h11H,5-9H2,1-4H3. The Balaban J connectivity index is 2.06. The minimum atomic E-state index is -4.89. The normalized spacial score (nSPS) is 16.5. The maximum absolute atomic E-state index is 13.0. The predicted molar refractivity (Wildman–Crippen MR) is 89.2 cm³/mol. The molecule has 0 spiro atoms. The lowest BCUT2D eigenvalue weighted by Crippen LogP contribution is -2.42. The maximum Gasteiger partial charge on any atom is 0.442 e. The zero-order valence-electron chi connectivity index (χ0n) is 15.7. The second-order valence-corrected chi connectivity index (χ2v) is 7.63. The minimum Gasteiger partial charge on any atom is -0.444 e. The summed E-state index contributed by atoms with van der Waals surface area (Å²) in [6, 6.07) is 0. The van der Waals surface area contributed by atoms with Gasteiger partial charge in [-0.3, -0.25) is 14.8 Å². The molecule has 0 N–H and O–H groups in total. The summed E-state index contributed by atoms with van der Waals surface area (Å²) in [6.45, 7) is 7.51. The number of likely N-dealkylation sites (tertiary alicyclic amines) is 1. The van der Waals surface area contributed by atoms with E-state index in [4.69, 9.17) is 4.74 Å². The Morgan fingerprint density at radius 3 is 2.26 bits per heavy atom. The van der Waals surface area contributed by atoms with E-state index in [9.17, 15) is 28.1 Å². The van der Waals surface area contributed by atoms with Crippen LogP contribution in [-0.4, -0.2) is 44.4 Å². The average molecular weight is 392 g/mol. The van der Waals surface area contributed by atoms with Crippen LogP contribution >= 0.6 is 0 Å². The Labute approximate surface area is 154 Å². The van der Waals surface area contributed by atoms with Crippen LogP contribution in [0.25, 0.3) is 0 Å². The van der Waals surface area contributed by atoms with E-state index in [0.29, 0.717) is 25.9 Å². The Morgan fingerprint density at radius 1 is 1.30 bits per heavy atom. The molecule has 8 nitrogen and oxygen atoms in total. The lowest BCUT2D eigenvalue weighted by Gasteiger charge is -2.33. The molecule has 0 radical (unpaired) electrons. The number of nitro groups is 1. The Morgan fingerprint density at radius 2 is 1.85 bits per heavy atom. The molecule has 152 valence electrons. The zero-order chi connectivity index (χ0) is 20.6. The molecule has 2 rings (SSSR count). The first-order chi connectivity index (χ1) is 12.3. The highest BCUT2D eigenvalue weighted by Gasteiger charge is 2.44. The van der Waals surface area contributed by atoms with Gasteiger partial charge in [0.05, 0.1) is 4.92 Å². The van der Waals surface area contributed by atoms with Crippen molar-refractivity contribution in [2.24, 2.45) is 5.92 Å². The number of nitrogens with zero attached hydrogens (tertiary/aromatic N) is 4. The Hall–Kier alpha value is -2.33. The van der Waals surface area contributed by atoms with Gasteiger partial charge in [0.15, 0.2) is 0 Å². The second-order valence-electron chi connectivity index (χ2n) is 7.63. The van der Waals surface area contributed by atoms with Crippen LogP contribution < -0.4 is 0 Å². The van der Waals surface area contributed by atoms with Gasteiger partial charge in [-0.2, -0.15) is 18.3 Å². The maximum atomic E-state index is 13.0. The topological polar surface area (TPSA) is 90.5 Å². The molecule has 11 heteroatoms. The van der Waals surface area contributed by atoms with Gasteiger partial charge in [-0.05, 0) is 46.5 Å². The van der Waals surface area contributed by atoms with E-state index < -0.39 is 34.2 Å². The van der Waals surface area contributed by atoms with Crippen LogP contribution in [0.5, 0.6) is 0 Å². The summed E-state index contributed by atoms with van der Waals surface area (Å²) in [5.41, 5.74) is -3.21. The van der Waals surface area contributed by atoms with Crippen molar-refractivity contribution in [2.75, 3.05) is 13.1 Å². The molecular formula is C16H23F3N4O4. The lowest BCUT2D eigenvalue weighted by atomic mass is 9.97. The highest BCUT2D eigenvalue weighted by Crippen LogP contribution is 2.37. The van der Waals surface area contributed by atoms with Crippen LogP contribution in [0.1, 0.15) is 45.0 Å². The van der Waals surface area contributed by atoms with E-state index in [0.717, 1.165) is 4.68 Å². The molecule has 0 aromatic carbocycles. The van der Waals surface area contributed by atoms with E-state index in [1.54, 1.807) is 25.7 Å². The SMILES string of the molecule is Cc1c([N+](=O)[O-])c(C(F)(F)F)nn1CC1CCN(C(=O)OC(C)(C)C)CC1. The number of hydrogen-bond acceptors (Lipinski definition) is 5. The van der Waals surface area contributed by atoms with E-state index in [1.165, 1.54) is 6.92 Å². The van der Waals surface area contributed by atoms with E-state index in [-0.39, 0.29) is 18.2 Å². The first-order valence-electron chi connectivity index (χ1n) is 8.56. The third-order valence-corrected chi connectivity index (χ3v) is 4.32. The molecular weight excluding hydrogens is 369 g/mol. The summed E-state index contributed by atoms with van der Waals surface area (Å²) in [5.74, 6) is -0.0389. The summed E-state index contributed by atoms with van der Waals surface area (Å²) in [7, 11) is 0. The first-order valence-corrected chi connectivity index (χ1v) is 8.56. The molecule has 1 aliphatic rings. The van der Waals surface area contributed by atoms with Crippen molar-refractivity contribution in [1.29, 1.82) is 0 Å². The number of piperidine rings is 1. The Bertz CT molecular complexity index is 716. The first kappa shape index (κ1) is 21.0. The van der Waals surface area contributed by atoms with Gasteiger partial charge in [-0.1, -0.05) is 0 Å². The number of alkyl halides is 3. The van der Waals surface area contributed by atoms with Gasteiger partial charge >= 0.3 is 18.0 Å². The van der Waals surface area contributed by atoms with Crippen molar-refractivity contribution in [2.45, 2.75) is 58.9 Å². The summed E-state index contributed by atoms with van der Waals surface area (Å²) in [5, 5.41) is 14.5. The molecule has 0 saturated carbocycles. The van der Waals surface area contributed by atoms with Crippen molar-refractivity contribution in [3.63, 3.8) is 0 Å². The van der Waals surface area contributed by atoms with Crippen LogP contribution in [0.4, 0.5) is 23.7 Å². The van der Waals surface area contributed by atoms with E-state index in [1.807, 2.05) is 0 Å². The molecule has 1 aromatic heterocycles. The number of carbonyl (C=O) groups excluding carboxylic acids is 1. The quantitative estimate of drug-likeness (QED) is 0.577. The van der Waals surface area contributed by atoms with Crippen LogP contribution in [-0.2, 0) is 17.5 Å². The van der Waals surface area contributed by atoms with Gasteiger partial charge in [0.25, 0.3) is 0 Å². The summed E-state index contributed by atoms with van der Waals surface area (Å²) >= 11 is 0. The third-order valence-electron chi connectivity index (χ3n) is 4.32. The molecule has 1 aliphatic heterocycles. The number of ether oxygens (including phenoxy) is 1. The molecule has 0 atom stereocenters. The number of aromatic nitrogens is 2. The van der Waals surface area contributed by atoms with Crippen LogP contribution in [0.15, 0.2) is 0 Å². The lowest BCUT2D eigenvalue weighted by molar-refractivity contribution is -0.388. The van der Waals surface area contributed by atoms with Gasteiger partial charge in [-0.15, -0.1) is 0 Å². The molecule has 0 unspecified atom stereocenters. The van der Waals surface area contributed by atoms with Gasteiger partial charge in [0, 0.05) is 19.6 Å². The smallest absolute Gasteiger partial charge is 0.442 e. The zero-order valence-corrected chi connectivity index (χ0v) is 15.7. The highest BCUT2D eigenvalue weighted by atomic mass is 19.4. The molecule has 0 aliphatic carbocycles. The molecule has 1 fully saturated rings. The third kappa shape index (κ3) is 5.10. The fourth-order valence-corrected chi connectivity index (χ4v) is 2.99. The van der Waals surface area contributed by atoms with Gasteiger partial charge in [0.2, 0.25) is 5.69 Å². The van der Waals surface area contributed by atoms with Crippen molar-refractivity contribution < 1.29 is 27.6 Å². The molecule has 1 saturated heterocycles. The van der Waals surface area contributed by atoms with Gasteiger partial charge in [0.1, 0.15) is 11.3 Å². The number of carbonyl (C=O) groups is 1. The van der Waals surface area contributed by atoms with Gasteiger partial charge in [-0.25, -0.2) is 4.79 Å². The predicted octanol–water partition coefficient (Wildman–Crippen LogP) is 3.77. The second kappa shape index (κ2) is 7.35. The van der Waals surface area contributed by atoms with Crippen LogP contribution in [0.3, 0.4) is 0 Å². The number of hydrogen-bond donors (Lipinski definition) is 0. The largest absolute Gasteiger partial charge is 0.444 e. The fourth-order valence-electron chi connectivity index (χ4n) is 2.99. The van der Waals surface area contributed by atoms with Crippen molar-refractivity contribution in [1.82, 2.24) is 14.7 Å². The fraction of sp³-hybridized carbons (Fsp3) is 0.750. The molecule has 0 bridgehead atoms. The molecule has 1 amide bonds. The monoisotopic (exact) mass is 392 g/mol. The average Bonchev–Trinajstić information content (AvgIpc) is 2.83. The van der Waals surface area contributed by atoms with Crippen LogP contribution in [0, 0.1) is 23.0 Å². The minimum absolute atomic E-state index is 0.0389. The molecule has 2 heterocycles. The number of amides is 1. The summed E-state index contributed by atoms with van der Waals surface area (Å²) in [4.78, 5) is 23.6.